The van der Waals surface area contributed by atoms with Gasteiger partial charge in [-0.2, -0.15) is 18.3 Å². The van der Waals surface area contributed by atoms with E-state index < -0.39 is 11.7 Å². The average Bonchev–Trinajstić information content (AvgIpc) is 3.30. The Kier molecular flexibility index (Phi) is 5.88. The number of halogens is 3. The van der Waals surface area contributed by atoms with Crippen molar-refractivity contribution >= 4 is 28.5 Å². The molecule has 0 unspecified atom stereocenters. The summed E-state index contributed by atoms with van der Waals surface area (Å²) in [5, 5.41) is 7.43. The summed E-state index contributed by atoms with van der Waals surface area (Å²) >= 11 is 1.32. The number of aryl methyl sites for hydroxylation is 1. The molecule has 8 heteroatoms. The molecule has 0 saturated heterocycles. The van der Waals surface area contributed by atoms with Gasteiger partial charge in [0.05, 0.1) is 24.0 Å². The first-order chi connectivity index (χ1) is 15.2. The maximum Gasteiger partial charge on any atom is 0.416 e. The second-order valence-electron chi connectivity index (χ2n) is 7.52. The van der Waals surface area contributed by atoms with Crippen LogP contribution in [-0.4, -0.2) is 22.4 Å². The van der Waals surface area contributed by atoms with Crippen LogP contribution in [0.5, 0.6) is 0 Å². The predicted octanol–water partition coefficient (Wildman–Crippen LogP) is 6.38. The molecular formula is C24H21F3N4S. The Labute approximate surface area is 187 Å². The highest BCUT2D eigenvalue weighted by Crippen LogP contribution is 2.32. The molecule has 1 N–H and O–H groups in total. The summed E-state index contributed by atoms with van der Waals surface area (Å²) in [5.41, 5.74) is 3.99. The fourth-order valence-corrected chi connectivity index (χ4v) is 4.19. The molecule has 0 aliphatic rings. The van der Waals surface area contributed by atoms with Crippen LogP contribution < -0.4 is 4.80 Å². The van der Waals surface area contributed by atoms with Crippen LogP contribution in [-0.2, 0) is 6.18 Å². The van der Waals surface area contributed by atoms with Gasteiger partial charge < -0.3 is 4.98 Å². The van der Waals surface area contributed by atoms with Gasteiger partial charge in [0.25, 0.3) is 0 Å². The van der Waals surface area contributed by atoms with E-state index in [2.05, 4.69) is 21.7 Å². The van der Waals surface area contributed by atoms with Crippen molar-refractivity contribution in [1.29, 1.82) is 0 Å². The van der Waals surface area contributed by atoms with Gasteiger partial charge in [0, 0.05) is 33.1 Å². The minimum Gasteiger partial charge on any atom is -0.358 e. The molecule has 164 valence electrons. The smallest absolute Gasteiger partial charge is 0.358 e. The highest BCUT2D eigenvalue weighted by molar-refractivity contribution is 7.07. The van der Waals surface area contributed by atoms with Gasteiger partial charge in [0.2, 0.25) is 4.80 Å². The zero-order valence-electron chi connectivity index (χ0n) is 17.6. The summed E-state index contributed by atoms with van der Waals surface area (Å²) in [6.07, 6.45) is -2.70. The van der Waals surface area contributed by atoms with E-state index in [1.54, 1.807) is 22.3 Å². The molecule has 0 saturated carbocycles. The Balaban J connectivity index is 1.85. The number of rotatable bonds is 5. The fourth-order valence-electron chi connectivity index (χ4n) is 3.36. The van der Waals surface area contributed by atoms with E-state index in [9.17, 15) is 13.2 Å². The summed E-state index contributed by atoms with van der Waals surface area (Å²) in [7, 11) is 0. The molecule has 0 spiro atoms. The summed E-state index contributed by atoms with van der Waals surface area (Å²) in [6.45, 7) is 8.10. The standard InChI is InChI=1S/C24H21F3N4S/c1-15(2)12-28-23-31(29-13-20-16(3)30-21-10-5-4-9-19(20)21)22(14-32-23)17-7-6-8-18(11-17)24(25,26)27/h4-11,13-14,30H,1,12H2,2-3H3. The van der Waals surface area contributed by atoms with Crippen LogP contribution in [0.25, 0.3) is 22.2 Å². The number of nitrogens with zero attached hydrogens (tertiary/aromatic N) is 3. The van der Waals surface area contributed by atoms with Crippen LogP contribution >= 0.6 is 11.3 Å². The number of thiazole rings is 1. The third-order valence-corrected chi connectivity index (χ3v) is 5.75. The molecule has 0 radical (unpaired) electrons. The first kappa shape index (κ1) is 21.8. The van der Waals surface area contributed by atoms with Crippen molar-refractivity contribution < 1.29 is 13.2 Å². The highest BCUT2D eigenvalue weighted by Gasteiger charge is 2.30. The average molecular weight is 455 g/mol. The van der Waals surface area contributed by atoms with Crippen LogP contribution in [0.15, 0.2) is 76.2 Å². The maximum absolute atomic E-state index is 13.3. The predicted molar refractivity (Wildman–Crippen MR) is 124 cm³/mol. The molecule has 0 amide bonds. The monoisotopic (exact) mass is 454 g/mol. The molecule has 2 aromatic heterocycles. The van der Waals surface area contributed by atoms with E-state index in [0.29, 0.717) is 22.6 Å². The van der Waals surface area contributed by atoms with Gasteiger partial charge in [-0.25, -0.2) is 4.68 Å². The van der Waals surface area contributed by atoms with Crippen molar-refractivity contribution in [2.24, 2.45) is 10.1 Å². The van der Waals surface area contributed by atoms with Crippen LogP contribution in [0.3, 0.4) is 0 Å². The molecule has 32 heavy (non-hydrogen) atoms. The van der Waals surface area contributed by atoms with Gasteiger partial charge in [-0.15, -0.1) is 11.3 Å². The second kappa shape index (κ2) is 8.63. The van der Waals surface area contributed by atoms with Crippen molar-refractivity contribution in [3.63, 3.8) is 0 Å². The molecule has 0 aliphatic carbocycles. The molecule has 4 aromatic rings. The van der Waals surface area contributed by atoms with Crippen molar-refractivity contribution in [2.75, 3.05) is 6.54 Å². The van der Waals surface area contributed by atoms with Gasteiger partial charge in [-0.1, -0.05) is 42.5 Å². The lowest BCUT2D eigenvalue weighted by Crippen LogP contribution is -2.13. The summed E-state index contributed by atoms with van der Waals surface area (Å²) in [4.78, 5) is 8.45. The normalized spacial score (nSPS) is 12.8. The van der Waals surface area contributed by atoms with Gasteiger partial charge in [0.15, 0.2) is 0 Å². The van der Waals surface area contributed by atoms with Crippen LogP contribution in [0.2, 0.25) is 0 Å². The zero-order chi connectivity index (χ0) is 22.9. The van der Waals surface area contributed by atoms with E-state index in [-0.39, 0.29) is 0 Å². The largest absolute Gasteiger partial charge is 0.416 e. The van der Waals surface area contributed by atoms with Crippen molar-refractivity contribution in [2.45, 2.75) is 20.0 Å². The van der Waals surface area contributed by atoms with Crippen molar-refractivity contribution in [1.82, 2.24) is 9.66 Å². The Morgan fingerprint density at radius 2 is 1.97 bits per heavy atom. The molecule has 4 nitrogen and oxygen atoms in total. The highest BCUT2D eigenvalue weighted by atomic mass is 32.1. The SMILES string of the molecule is C=C(C)CN=c1scc(-c2cccc(C(F)(F)F)c2)n1N=Cc1c(C)[nH]c2ccccc12. The number of benzene rings is 2. The number of aromatic amines is 1. The van der Waals surface area contributed by atoms with E-state index >= 15 is 0 Å². The minimum absolute atomic E-state index is 0.407. The molecule has 0 fully saturated rings. The summed E-state index contributed by atoms with van der Waals surface area (Å²) in [6, 6.07) is 13.1. The maximum atomic E-state index is 13.3. The van der Waals surface area contributed by atoms with E-state index in [1.165, 1.54) is 17.4 Å². The third-order valence-electron chi connectivity index (χ3n) is 4.90. The van der Waals surface area contributed by atoms with Gasteiger partial charge in [-0.3, -0.25) is 4.99 Å². The first-order valence-electron chi connectivity index (χ1n) is 9.89. The lowest BCUT2D eigenvalue weighted by molar-refractivity contribution is -0.137. The number of hydrogen-bond acceptors (Lipinski definition) is 3. The number of para-hydroxylation sites is 1. The molecule has 0 aliphatic heterocycles. The summed E-state index contributed by atoms with van der Waals surface area (Å²) < 4.78 is 41.4. The van der Waals surface area contributed by atoms with E-state index in [0.717, 1.165) is 39.9 Å². The molecule has 2 heterocycles. The number of nitrogens with one attached hydrogen (secondary N) is 1. The first-order valence-corrected chi connectivity index (χ1v) is 10.8. The topological polar surface area (TPSA) is 45.4 Å². The number of aromatic nitrogens is 2. The minimum atomic E-state index is -4.42. The number of alkyl halides is 3. The van der Waals surface area contributed by atoms with Crippen LogP contribution in [0.1, 0.15) is 23.7 Å². The van der Waals surface area contributed by atoms with E-state index in [4.69, 9.17) is 0 Å². The Hall–Kier alpha value is -3.39. The van der Waals surface area contributed by atoms with Gasteiger partial charge in [0.1, 0.15) is 0 Å². The van der Waals surface area contributed by atoms with Gasteiger partial charge >= 0.3 is 6.18 Å². The Bertz CT molecular complexity index is 1390. The van der Waals surface area contributed by atoms with Crippen LogP contribution in [0, 0.1) is 6.92 Å². The lowest BCUT2D eigenvalue weighted by atomic mass is 10.1. The third kappa shape index (κ3) is 4.45. The lowest BCUT2D eigenvalue weighted by Gasteiger charge is -2.09. The number of H-pyrrole nitrogens is 1. The molecule has 4 rings (SSSR count). The van der Waals surface area contributed by atoms with Gasteiger partial charge in [-0.05, 0) is 32.0 Å². The van der Waals surface area contributed by atoms with Crippen molar-refractivity contribution in [3.05, 3.63) is 87.7 Å². The second-order valence-corrected chi connectivity index (χ2v) is 8.36. The molecule has 2 aromatic carbocycles. The summed E-state index contributed by atoms with van der Waals surface area (Å²) in [5.74, 6) is 0. The Morgan fingerprint density at radius 1 is 1.19 bits per heavy atom. The van der Waals surface area contributed by atoms with Crippen molar-refractivity contribution in [3.8, 4) is 11.3 Å². The fraction of sp³-hybridized carbons (Fsp3) is 0.167. The molecule has 0 atom stereocenters. The van der Waals surface area contributed by atoms with Crippen LogP contribution in [0.4, 0.5) is 13.2 Å². The van der Waals surface area contributed by atoms with E-state index in [1.807, 2.05) is 38.1 Å². The number of fused-ring (bicyclic) bond motifs is 1. The Morgan fingerprint density at radius 3 is 2.72 bits per heavy atom. The number of hydrogen-bond donors (Lipinski definition) is 1. The quantitative estimate of drug-likeness (QED) is 0.269. The zero-order valence-corrected chi connectivity index (χ0v) is 18.4. The molecular weight excluding hydrogens is 433 g/mol. The molecule has 0 bridgehead atoms.